The lowest BCUT2D eigenvalue weighted by Crippen LogP contribution is -2.59. The van der Waals surface area contributed by atoms with Crippen LogP contribution in [0.2, 0.25) is 0 Å². The van der Waals surface area contributed by atoms with E-state index >= 15 is 0 Å². The van der Waals surface area contributed by atoms with E-state index < -0.39 is 37.8 Å². The Labute approximate surface area is 115 Å². The number of benzene rings is 1. The highest BCUT2D eigenvalue weighted by Crippen LogP contribution is 2.24. The number of nitrogens with one attached hydrogen (secondary N) is 1. The summed E-state index contributed by atoms with van der Waals surface area (Å²) in [6.07, 6.45) is 0. The largest absolute Gasteiger partial charge is 0.478 e. The average Bonchev–Trinajstić information content (AvgIpc) is 2.25. The maximum Gasteiger partial charge on any atom is 0.339 e. The molecule has 0 atom stereocenters. The van der Waals surface area contributed by atoms with Gasteiger partial charge >= 0.3 is 5.97 Å². The summed E-state index contributed by atoms with van der Waals surface area (Å²) in [5.74, 6) is -2.76. The van der Waals surface area contributed by atoms with Gasteiger partial charge in [0.25, 0.3) is 0 Å². The standard InChI is InChI=1S/C12H14FNO5S/c1-7-3-4-8(10(13)9(7)11(15)16)20(17,18)14-12(2)5-19-6-12/h3-4,14H,5-6H2,1-2H3,(H,15,16). The summed E-state index contributed by atoms with van der Waals surface area (Å²) in [5, 5.41) is 8.95. The van der Waals surface area contributed by atoms with E-state index in [1.807, 2.05) is 0 Å². The van der Waals surface area contributed by atoms with Gasteiger partial charge in [-0.15, -0.1) is 0 Å². The topological polar surface area (TPSA) is 92.7 Å². The summed E-state index contributed by atoms with van der Waals surface area (Å²) in [5.41, 5.74) is -1.27. The van der Waals surface area contributed by atoms with Gasteiger partial charge in [0.2, 0.25) is 10.0 Å². The zero-order valence-electron chi connectivity index (χ0n) is 10.9. The molecule has 1 fully saturated rings. The Hall–Kier alpha value is -1.51. The first-order valence-corrected chi connectivity index (χ1v) is 7.29. The molecule has 8 heteroatoms. The third kappa shape index (κ3) is 2.54. The summed E-state index contributed by atoms with van der Waals surface area (Å²) in [6, 6.07) is 2.32. The SMILES string of the molecule is Cc1ccc(S(=O)(=O)NC2(C)COC2)c(F)c1C(=O)O. The molecule has 20 heavy (non-hydrogen) atoms. The van der Waals surface area contributed by atoms with Crippen LogP contribution in [-0.2, 0) is 14.8 Å². The molecule has 0 aliphatic carbocycles. The van der Waals surface area contributed by atoms with Crippen LogP contribution in [0.1, 0.15) is 22.8 Å². The summed E-state index contributed by atoms with van der Waals surface area (Å²) in [6.45, 7) is 3.40. The van der Waals surface area contributed by atoms with Gasteiger partial charge in [-0.1, -0.05) is 6.07 Å². The second-order valence-electron chi connectivity index (χ2n) is 5.03. The molecule has 0 spiro atoms. The maximum atomic E-state index is 14.1. The van der Waals surface area contributed by atoms with Crippen molar-refractivity contribution in [1.82, 2.24) is 4.72 Å². The molecule has 0 amide bonds. The number of aromatic carboxylic acids is 1. The second-order valence-corrected chi connectivity index (χ2v) is 6.68. The van der Waals surface area contributed by atoms with Gasteiger partial charge in [0, 0.05) is 0 Å². The first-order chi connectivity index (χ1) is 9.16. The molecule has 1 aliphatic heterocycles. The first-order valence-electron chi connectivity index (χ1n) is 5.80. The van der Waals surface area contributed by atoms with Crippen molar-refractivity contribution in [1.29, 1.82) is 0 Å². The van der Waals surface area contributed by atoms with Gasteiger partial charge in [-0.2, -0.15) is 0 Å². The summed E-state index contributed by atoms with van der Waals surface area (Å²) in [4.78, 5) is 10.3. The number of rotatable bonds is 4. The smallest absolute Gasteiger partial charge is 0.339 e. The molecule has 2 N–H and O–H groups in total. The molecular weight excluding hydrogens is 289 g/mol. The minimum absolute atomic E-state index is 0.159. The van der Waals surface area contributed by atoms with Crippen molar-refractivity contribution in [3.8, 4) is 0 Å². The molecule has 110 valence electrons. The van der Waals surface area contributed by atoms with Crippen LogP contribution in [0.5, 0.6) is 0 Å². The molecule has 0 radical (unpaired) electrons. The van der Waals surface area contributed by atoms with Crippen molar-refractivity contribution in [2.45, 2.75) is 24.3 Å². The van der Waals surface area contributed by atoms with Gasteiger partial charge in [0.05, 0.1) is 24.3 Å². The summed E-state index contributed by atoms with van der Waals surface area (Å²) >= 11 is 0. The first kappa shape index (κ1) is 14.9. The molecular formula is C12H14FNO5S. The normalized spacial score (nSPS) is 17.6. The molecule has 0 unspecified atom stereocenters. The van der Waals surface area contributed by atoms with Crippen LogP contribution in [0.3, 0.4) is 0 Å². The van der Waals surface area contributed by atoms with Gasteiger partial charge in [0.15, 0.2) is 5.82 Å². The number of ether oxygens (including phenoxy) is 1. The van der Waals surface area contributed by atoms with Crippen molar-refractivity contribution >= 4 is 16.0 Å². The van der Waals surface area contributed by atoms with E-state index in [1.165, 1.54) is 13.0 Å². The van der Waals surface area contributed by atoms with E-state index in [4.69, 9.17) is 9.84 Å². The Morgan fingerprint density at radius 1 is 1.45 bits per heavy atom. The van der Waals surface area contributed by atoms with Crippen molar-refractivity contribution in [3.05, 3.63) is 29.1 Å². The third-order valence-corrected chi connectivity index (χ3v) is 4.70. The Kier molecular flexibility index (Phi) is 3.57. The lowest BCUT2D eigenvalue weighted by atomic mass is 10.0. The number of carboxylic acids is 1. The number of hydrogen-bond donors (Lipinski definition) is 2. The van der Waals surface area contributed by atoms with Gasteiger partial charge < -0.3 is 9.84 Å². The predicted molar refractivity (Wildman–Crippen MR) is 67.6 cm³/mol. The predicted octanol–water partition coefficient (Wildman–Crippen LogP) is 0.900. The molecule has 1 aromatic rings. The number of hydrogen-bond acceptors (Lipinski definition) is 4. The highest BCUT2D eigenvalue weighted by Gasteiger charge is 2.39. The minimum Gasteiger partial charge on any atom is -0.478 e. The van der Waals surface area contributed by atoms with Gasteiger partial charge in [-0.3, -0.25) is 0 Å². The number of aryl methyl sites for hydroxylation is 1. The second kappa shape index (κ2) is 4.80. The number of sulfonamides is 1. The van der Waals surface area contributed by atoms with Gasteiger partial charge in [0.1, 0.15) is 4.90 Å². The Balaban J connectivity index is 2.47. The van der Waals surface area contributed by atoms with Crippen LogP contribution in [0, 0.1) is 12.7 Å². The Morgan fingerprint density at radius 2 is 2.05 bits per heavy atom. The molecule has 1 aliphatic rings. The highest BCUT2D eigenvalue weighted by molar-refractivity contribution is 7.89. The van der Waals surface area contributed by atoms with Crippen molar-refractivity contribution in [2.75, 3.05) is 13.2 Å². The van der Waals surface area contributed by atoms with E-state index in [1.54, 1.807) is 6.92 Å². The van der Waals surface area contributed by atoms with Gasteiger partial charge in [-0.05, 0) is 25.5 Å². The van der Waals surface area contributed by atoms with Crippen LogP contribution in [0.4, 0.5) is 4.39 Å². The fourth-order valence-electron chi connectivity index (χ4n) is 1.97. The molecule has 0 bridgehead atoms. The fourth-order valence-corrected chi connectivity index (χ4v) is 3.43. The number of carbonyl (C=O) groups is 1. The minimum atomic E-state index is -4.15. The van der Waals surface area contributed by atoms with Crippen molar-refractivity contribution in [2.24, 2.45) is 0 Å². The van der Waals surface area contributed by atoms with E-state index in [0.717, 1.165) is 6.07 Å². The van der Waals surface area contributed by atoms with Crippen molar-refractivity contribution < 1.29 is 27.4 Å². The molecule has 1 heterocycles. The van der Waals surface area contributed by atoms with Crippen LogP contribution < -0.4 is 4.72 Å². The van der Waals surface area contributed by atoms with E-state index in [9.17, 15) is 17.6 Å². The van der Waals surface area contributed by atoms with Crippen molar-refractivity contribution in [3.63, 3.8) is 0 Å². The zero-order chi connectivity index (χ0) is 15.1. The highest BCUT2D eigenvalue weighted by atomic mass is 32.2. The number of halogens is 1. The Bertz CT molecular complexity index is 667. The van der Waals surface area contributed by atoms with E-state index in [2.05, 4.69) is 4.72 Å². The van der Waals surface area contributed by atoms with Crippen LogP contribution in [0.25, 0.3) is 0 Å². The molecule has 0 saturated carbocycles. The van der Waals surface area contributed by atoms with E-state index in [-0.39, 0.29) is 18.8 Å². The zero-order valence-corrected chi connectivity index (χ0v) is 11.8. The average molecular weight is 303 g/mol. The fraction of sp³-hybridized carbons (Fsp3) is 0.417. The molecule has 1 aromatic carbocycles. The molecule has 1 saturated heterocycles. The summed E-state index contributed by atoms with van der Waals surface area (Å²) < 4.78 is 45.7. The summed E-state index contributed by atoms with van der Waals surface area (Å²) in [7, 11) is -4.15. The van der Waals surface area contributed by atoms with E-state index in [0.29, 0.717) is 0 Å². The van der Waals surface area contributed by atoms with Gasteiger partial charge in [-0.25, -0.2) is 22.3 Å². The lowest BCUT2D eigenvalue weighted by Gasteiger charge is -2.38. The Morgan fingerprint density at radius 3 is 2.50 bits per heavy atom. The van der Waals surface area contributed by atoms with Crippen LogP contribution in [-0.4, -0.2) is 38.2 Å². The lowest BCUT2D eigenvalue weighted by molar-refractivity contribution is -0.0523. The molecule has 0 aromatic heterocycles. The maximum absolute atomic E-state index is 14.1. The quantitative estimate of drug-likeness (QED) is 0.862. The van der Waals surface area contributed by atoms with Crippen LogP contribution >= 0.6 is 0 Å². The third-order valence-electron chi connectivity index (χ3n) is 3.04. The monoisotopic (exact) mass is 303 g/mol. The number of carboxylic acid groups (broad SMARTS) is 1. The molecule has 2 rings (SSSR count). The van der Waals surface area contributed by atoms with Crippen LogP contribution in [0.15, 0.2) is 17.0 Å². The molecule has 6 nitrogen and oxygen atoms in total.